The van der Waals surface area contributed by atoms with Crippen molar-refractivity contribution in [1.29, 1.82) is 0 Å². The number of rotatable bonds is 3. The summed E-state index contributed by atoms with van der Waals surface area (Å²) < 4.78 is 41.1. The number of nitrogens with zero attached hydrogens (tertiary/aromatic N) is 5. The Morgan fingerprint density at radius 2 is 1.86 bits per heavy atom. The minimum atomic E-state index is -4.55. The van der Waals surface area contributed by atoms with Gasteiger partial charge >= 0.3 is 6.18 Å². The van der Waals surface area contributed by atoms with Gasteiger partial charge in [-0.3, -0.25) is 19.2 Å². The Bertz CT molecular complexity index is 1750. The second-order valence-electron chi connectivity index (χ2n) is 11.4. The smallest absolute Gasteiger partial charge is 0.383 e. The Morgan fingerprint density at radius 1 is 1.07 bits per heavy atom. The van der Waals surface area contributed by atoms with Crippen LogP contribution in [0.2, 0.25) is 0 Å². The average Bonchev–Trinajstić information content (AvgIpc) is 3.36. The van der Waals surface area contributed by atoms with E-state index in [1.807, 2.05) is 10.8 Å². The number of amides is 1. The molecule has 9 nitrogen and oxygen atoms in total. The van der Waals surface area contributed by atoms with Gasteiger partial charge in [-0.15, -0.1) is 0 Å². The molecule has 1 amide bonds. The van der Waals surface area contributed by atoms with Crippen LogP contribution in [0.15, 0.2) is 54.9 Å². The number of hydrogen-bond donors (Lipinski definition) is 2. The number of pyridine rings is 2. The Labute approximate surface area is 252 Å². The number of Topliss-reactive ketones (excluding diaryl/α,β-unsaturated/α-hetero) is 1. The van der Waals surface area contributed by atoms with Crippen LogP contribution in [-0.4, -0.2) is 55.5 Å². The van der Waals surface area contributed by atoms with Gasteiger partial charge in [-0.05, 0) is 49.4 Å². The lowest BCUT2D eigenvalue weighted by Crippen LogP contribution is -2.52. The molecule has 2 aliphatic heterocycles. The monoisotopic (exact) mass is 603 g/mol. The molecule has 0 aliphatic carbocycles. The van der Waals surface area contributed by atoms with E-state index in [4.69, 9.17) is 10.8 Å². The predicted octanol–water partition coefficient (Wildman–Crippen LogP) is 5.82. The van der Waals surface area contributed by atoms with Crippen LogP contribution < -0.4 is 11.1 Å². The van der Waals surface area contributed by atoms with Gasteiger partial charge in [0.2, 0.25) is 0 Å². The van der Waals surface area contributed by atoms with Gasteiger partial charge in [0.15, 0.2) is 0 Å². The highest BCUT2D eigenvalue weighted by molar-refractivity contribution is 6.06. The van der Waals surface area contributed by atoms with Crippen molar-refractivity contribution in [1.82, 2.24) is 24.6 Å². The first-order chi connectivity index (χ1) is 21.1. The number of nitrogen functional groups attached to an aromatic ring is 1. The summed E-state index contributed by atoms with van der Waals surface area (Å²) in [6.07, 6.45) is 5.31. The van der Waals surface area contributed by atoms with Crippen LogP contribution in [0.3, 0.4) is 0 Å². The fourth-order valence-corrected chi connectivity index (χ4v) is 5.84. The molecule has 5 heterocycles. The van der Waals surface area contributed by atoms with Gasteiger partial charge in [0.25, 0.3) is 5.91 Å². The molecule has 44 heavy (non-hydrogen) atoms. The molecule has 2 atom stereocenters. The molecule has 2 aliphatic rings. The van der Waals surface area contributed by atoms with Crippen LogP contribution >= 0.6 is 0 Å². The van der Waals surface area contributed by atoms with Crippen molar-refractivity contribution in [2.45, 2.75) is 51.4 Å². The first-order valence-corrected chi connectivity index (χ1v) is 14.6. The van der Waals surface area contributed by atoms with Gasteiger partial charge in [-0.2, -0.15) is 18.3 Å². The maximum Gasteiger partial charge on any atom is 0.416 e. The highest BCUT2D eigenvalue weighted by atomic mass is 19.4. The van der Waals surface area contributed by atoms with Gasteiger partial charge in [0.1, 0.15) is 23.1 Å². The van der Waals surface area contributed by atoms with Crippen LogP contribution in [0.25, 0.3) is 28.2 Å². The second kappa shape index (κ2) is 11.8. The lowest BCUT2D eigenvalue weighted by Gasteiger charge is -2.40. The Morgan fingerprint density at radius 3 is 2.59 bits per heavy atom. The number of carbonyl (C=O) groups excluding carboxylic acids is 2. The average molecular weight is 604 g/mol. The molecule has 12 heteroatoms. The molecular weight excluding hydrogens is 571 g/mol. The molecule has 4 aromatic rings. The molecule has 0 bridgehead atoms. The maximum atomic E-state index is 13.1. The molecule has 1 aromatic carbocycles. The third-order valence-electron chi connectivity index (χ3n) is 8.34. The summed E-state index contributed by atoms with van der Waals surface area (Å²) >= 11 is 0. The number of nitrogens with two attached hydrogens (primary N) is 1. The van der Waals surface area contributed by atoms with Crippen molar-refractivity contribution in [2.75, 3.05) is 24.1 Å². The number of aryl methyl sites for hydroxylation is 1. The zero-order valence-electron chi connectivity index (χ0n) is 24.1. The molecule has 228 valence electrons. The van der Waals surface area contributed by atoms with E-state index in [0.717, 1.165) is 61.8 Å². The SMILES string of the molecule is C[C@@H]1CCn2nc(-c3ccc(C(=O)Nc4cc(C(F)(F)F)ccn4)cc3)c3c(N)ncc(c32)/C=C/CCN2CC[C@H]2C(=O)C1. The van der Waals surface area contributed by atoms with E-state index < -0.39 is 17.6 Å². The third-order valence-corrected chi connectivity index (χ3v) is 8.34. The van der Waals surface area contributed by atoms with Gasteiger partial charge in [-0.25, -0.2) is 9.97 Å². The summed E-state index contributed by atoms with van der Waals surface area (Å²) in [4.78, 5) is 36.3. The number of fused-ring (bicyclic) bond motifs is 1. The predicted molar refractivity (Wildman–Crippen MR) is 162 cm³/mol. The standard InChI is InChI=1S/C32H32F3N7O2/c1-19-10-15-42-29-22(4-2-3-13-41-14-11-24(41)25(43)16-19)18-38-30(36)27(29)28(40-42)20-5-7-21(8-6-20)31(44)39-26-17-23(9-12-37-26)32(33,34)35/h2,4-9,12,17-19,24H,3,10-11,13-16H2,1H3,(H2,36,38)(H,37,39,44)/b4-2+/t19-,24+/m1/s1. The number of hydrogen-bond acceptors (Lipinski definition) is 7. The molecule has 3 N–H and O–H groups in total. The molecule has 1 saturated heterocycles. The van der Waals surface area contributed by atoms with Gasteiger partial charge < -0.3 is 11.1 Å². The number of aromatic nitrogens is 4. The van der Waals surface area contributed by atoms with Crippen molar-refractivity contribution in [3.8, 4) is 11.3 Å². The van der Waals surface area contributed by atoms with Crippen LogP contribution in [0, 0.1) is 5.92 Å². The number of alkyl halides is 3. The van der Waals surface area contributed by atoms with E-state index in [2.05, 4.69) is 33.2 Å². The molecule has 3 aromatic heterocycles. The number of nitrogens with one attached hydrogen (secondary N) is 1. The molecular formula is C32H32F3N7O2. The zero-order chi connectivity index (χ0) is 31.0. The molecule has 0 spiro atoms. The molecule has 0 unspecified atom stereocenters. The van der Waals surface area contributed by atoms with E-state index in [-0.39, 0.29) is 23.3 Å². The topological polar surface area (TPSA) is 119 Å². The zero-order valence-corrected chi connectivity index (χ0v) is 24.1. The maximum absolute atomic E-state index is 13.1. The normalized spacial score (nSPS) is 20.4. The van der Waals surface area contributed by atoms with Gasteiger partial charge in [0, 0.05) is 55.1 Å². The van der Waals surface area contributed by atoms with E-state index in [1.165, 1.54) is 0 Å². The largest absolute Gasteiger partial charge is 0.416 e. The van der Waals surface area contributed by atoms with Crippen molar-refractivity contribution >= 4 is 40.3 Å². The summed E-state index contributed by atoms with van der Waals surface area (Å²) in [5.74, 6) is 0.00612. The number of anilines is 2. The highest BCUT2D eigenvalue weighted by Gasteiger charge is 2.34. The Kier molecular flexibility index (Phi) is 7.93. The fourth-order valence-electron chi connectivity index (χ4n) is 5.84. The molecule has 0 saturated carbocycles. The number of halogens is 3. The first kappa shape index (κ1) is 29.5. The highest BCUT2D eigenvalue weighted by Crippen LogP contribution is 2.35. The van der Waals surface area contributed by atoms with Crippen molar-refractivity contribution in [2.24, 2.45) is 5.92 Å². The minimum absolute atomic E-state index is 0.0249. The van der Waals surface area contributed by atoms with Crippen LogP contribution in [-0.2, 0) is 17.5 Å². The summed E-state index contributed by atoms with van der Waals surface area (Å²) in [7, 11) is 0. The van der Waals surface area contributed by atoms with Crippen LogP contribution in [0.1, 0.15) is 54.1 Å². The van der Waals surface area contributed by atoms with Crippen molar-refractivity contribution in [3.05, 3.63) is 71.6 Å². The Hall–Kier alpha value is -4.58. The van der Waals surface area contributed by atoms with E-state index in [0.29, 0.717) is 41.2 Å². The van der Waals surface area contributed by atoms with E-state index in [9.17, 15) is 22.8 Å². The Balaban J connectivity index is 1.30. The lowest BCUT2D eigenvalue weighted by atomic mass is 9.90. The summed E-state index contributed by atoms with van der Waals surface area (Å²) in [6, 6.07) is 8.24. The number of carbonyl (C=O) groups is 2. The van der Waals surface area contributed by atoms with Gasteiger partial charge in [-0.1, -0.05) is 31.2 Å². The van der Waals surface area contributed by atoms with Crippen molar-refractivity contribution in [3.63, 3.8) is 0 Å². The number of ketones is 1. The molecule has 6 rings (SSSR count). The minimum Gasteiger partial charge on any atom is -0.383 e. The summed E-state index contributed by atoms with van der Waals surface area (Å²) in [5, 5.41) is 8.06. The quantitative estimate of drug-likeness (QED) is 0.303. The van der Waals surface area contributed by atoms with Gasteiger partial charge in [0.05, 0.1) is 22.5 Å². The van der Waals surface area contributed by atoms with Crippen molar-refractivity contribution < 1.29 is 22.8 Å². The molecule has 0 radical (unpaired) electrons. The first-order valence-electron chi connectivity index (χ1n) is 14.6. The lowest BCUT2D eigenvalue weighted by molar-refractivity contribution is -0.137. The van der Waals surface area contributed by atoms with Crippen LogP contribution in [0.4, 0.5) is 24.8 Å². The van der Waals surface area contributed by atoms with Crippen LogP contribution in [0.5, 0.6) is 0 Å². The fraction of sp³-hybridized carbons (Fsp3) is 0.344. The third kappa shape index (κ3) is 5.94. The summed E-state index contributed by atoms with van der Waals surface area (Å²) in [6.45, 7) is 4.44. The molecule has 1 fully saturated rings. The second-order valence-corrected chi connectivity index (χ2v) is 11.4. The van der Waals surface area contributed by atoms with E-state index >= 15 is 0 Å². The van der Waals surface area contributed by atoms with E-state index in [1.54, 1.807) is 30.5 Å². The summed E-state index contributed by atoms with van der Waals surface area (Å²) in [5.41, 5.74) is 8.78. The number of benzene rings is 1.